The van der Waals surface area contributed by atoms with Crippen molar-refractivity contribution in [1.82, 2.24) is 14.8 Å². The largest absolute Gasteiger partial charge is 0.478 e. The Bertz CT molecular complexity index is 612. The fraction of sp³-hybridized carbons (Fsp3) is 0.250. The summed E-state index contributed by atoms with van der Waals surface area (Å²) in [5.41, 5.74) is 0.134. The number of halogens is 1. The molecule has 2 aromatic rings. The Morgan fingerprint density at radius 1 is 1.53 bits per heavy atom. The predicted octanol–water partition coefficient (Wildman–Crippen LogP) is 1.83. The maximum Gasteiger partial charge on any atom is 0.338 e. The number of carboxylic acid groups (broad SMARTS) is 1. The predicted molar refractivity (Wildman–Crippen MR) is 66.4 cm³/mol. The van der Waals surface area contributed by atoms with Gasteiger partial charge in [-0.1, -0.05) is 0 Å². The van der Waals surface area contributed by atoms with Crippen LogP contribution >= 0.6 is 0 Å². The number of benzene rings is 1. The Hall–Kier alpha value is -2.44. The second kappa shape index (κ2) is 5.05. The number of aryl methyl sites for hydroxylation is 1. The van der Waals surface area contributed by atoms with Crippen LogP contribution in [-0.2, 0) is 7.05 Å². The Kier molecular flexibility index (Phi) is 3.46. The number of rotatable bonds is 4. The van der Waals surface area contributed by atoms with E-state index < -0.39 is 11.8 Å². The van der Waals surface area contributed by atoms with Crippen molar-refractivity contribution < 1.29 is 14.3 Å². The molecule has 0 aliphatic carbocycles. The molecule has 6 nitrogen and oxygen atoms in total. The maximum atomic E-state index is 13.5. The number of anilines is 1. The lowest BCUT2D eigenvalue weighted by Crippen LogP contribution is -2.12. The lowest BCUT2D eigenvalue weighted by molar-refractivity contribution is 0.0692. The van der Waals surface area contributed by atoms with Crippen LogP contribution in [0, 0.1) is 5.82 Å². The number of nitrogens with one attached hydrogen (secondary N) is 1. The molecule has 1 heterocycles. The number of aromatic carboxylic acids is 1. The average molecular weight is 264 g/mol. The van der Waals surface area contributed by atoms with Gasteiger partial charge in [-0.15, -0.1) is 10.2 Å². The Morgan fingerprint density at radius 2 is 2.26 bits per heavy atom. The first-order chi connectivity index (χ1) is 8.99. The highest BCUT2D eigenvalue weighted by Gasteiger charge is 2.14. The monoisotopic (exact) mass is 264 g/mol. The molecule has 0 amide bonds. The standard InChI is InChI=1S/C12H13FN4O2/c1-7(11-16-14-6-17(11)2)15-8-3-4-9(12(18)19)10(13)5-8/h3-7,15H,1-2H3,(H,18,19). The summed E-state index contributed by atoms with van der Waals surface area (Å²) in [6.45, 7) is 1.85. The van der Waals surface area contributed by atoms with Gasteiger partial charge < -0.3 is 15.0 Å². The Labute approximate surface area is 108 Å². The SMILES string of the molecule is CC(Nc1ccc(C(=O)O)c(F)c1)c1nncn1C. The second-order valence-electron chi connectivity index (χ2n) is 4.17. The molecule has 7 heteroatoms. The van der Waals surface area contributed by atoms with E-state index in [1.807, 2.05) is 14.0 Å². The van der Waals surface area contributed by atoms with Crippen molar-refractivity contribution in [2.24, 2.45) is 7.05 Å². The third kappa shape index (κ3) is 2.70. The van der Waals surface area contributed by atoms with Gasteiger partial charge in [-0.05, 0) is 25.1 Å². The second-order valence-corrected chi connectivity index (χ2v) is 4.17. The van der Waals surface area contributed by atoms with Gasteiger partial charge in [0.15, 0.2) is 5.82 Å². The zero-order valence-electron chi connectivity index (χ0n) is 10.5. The summed E-state index contributed by atoms with van der Waals surface area (Å²) in [6, 6.07) is 3.71. The number of aromatic nitrogens is 3. The number of nitrogens with zero attached hydrogens (tertiary/aromatic N) is 3. The summed E-state index contributed by atoms with van der Waals surface area (Å²) in [5, 5.41) is 19.5. The molecule has 0 saturated carbocycles. The fourth-order valence-electron chi connectivity index (χ4n) is 1.78. The maximum absolute atomic E-state index is 13.5. The van der Waals surface area contributed by atoms with Crippen LogP contribution in [0.2, 0.25) is 0 Å². The molecule has 0 aliphatic rings. The molecule has 2 N–H and O–H groups in total. The van der Waals surface area contributed by atoms with Crippen molar-refractivity contribution in [2.75, 3.05) is 5.32 Å². The van der Waals surface area contributed by atoms with E-state index in [1.165, 1.54) is 12.1 Å². The minimum absolute atomic E-state index is 0.178. The van der Waals surface area contributed by atoms with Crippen LogP contribution in [0.25, 0.3) is 0 Å². The van der Waals surface area contributed by atoms with Crippen molar-refractivity contribution in [3.05, 3.63) is 41.7 Å². The summed E-state index contributed by atoms with van der Waals surface area (Å²) in [5.74, 6) is -1.37. The lowest BCUT2D eigenvalue weighted by atomic mass is 10.2. The molecule has 100 valence electrons. The zero-order valence-corrected chi connectivity index (χ0v) is 10.5. The van der Waals surface area contributed by atoms with Crippen LogP contribution in [0.1, 0.15) is 29.1 Å². The molecule has 19 heavy (non-hydrogen) atoms. The first kappa shape index (κ1) is 13.0. The van der Waals surface area contributed by atoms with Crippen LogP contribution < -0.4 is 5.32 Å². The molecule has 1 atom stereocenters. The minimum atomic E-state index is -1.29. The highest BCUT2D eigenvalue weighted by atomic mass is 19.1. The lowest BCUT2D eigenvalue weighted by Gasteiger charge is -2.14. The van der Waals surface area contributed by atoms with Gasteiger partial charge in [0.2, 0.25) is 0 Å². The summed E-state index contributed by atoms with van der Waals surface area (Å²) in [6.07, 6.45) is 1.57. The molecular weight excluding hydrogens is 251 g/mol. The van der Waals surface area contributed by atoms with Crippen molar-refractivity contribution in [2.45, 2.75) is 13.0 Å². The number of carboxylic acids is 1. The molecule has 0 spiro atoms. The van der Waals surface area contributed by atoms with Crippen molar-refractivity contribution in [1.29, 1.82) is 0 Å². The highest BCUT2D eigenvalue weighted by Crippen LogP contribution is 2.19. The van der Waals surface area contributed by atoms with E-state index in [0.717, 1.165) is 6.07 Å². The summed E-state index contributed by atoms with van der Waals surface area (Å²) in [7, 11) is 1.81. The van der Waals surface area contributed by atoms with E-state index in [-0.39, 0.29) is 11.6 Å². The molecule has 0 saturated heterocycles. The first-order valence-electron chi connectivity index (χ1n) is 5.62. The number of carbonyl (C=O) groups is 1. The molecule has 0 fully saturated rings. The van der Waals surface area contributed by atoms with Crippen LogP contribution in [-0.4, -0.2) is 25.8 Å². The quantitative estimate of drug-likeness (QED) is 0.880. The van der Waals surface area contributed by atoms with Crippen molar-refractivity contribution in [3.8, 4) is 0 Å². The van der Waals surface area contributed by atoms with Gasteiger partial charge in [-0.25, -0.2) is 9.18 Å². The number of hydrogen-bond donors (Lipinski definition) is 2. The third-order valence-corrected chi connectivity index (χ3v) is 2.72. The van der Waals surface area contributed by atoms with Crippen LogP contribution in [0.4, 0.5) is 10.1 Å². The summed E-state index contributed by atoms with van der Waals surface area (Å²) >= 11 is 0. The summed E-state index contributed by atoms with van der Waals surface area (Å²) < 4.78 is 15.3. The molecule has 1 aromatic carbocycles. The fourth-order valence-corrected chi connectivity index (χ4v) is 1.78. The van der Waals surface area contributed by atoms with Gasteiger partial charge in [0, 0.05) is 12.7 Å². The van der Waals surface area contributed by atoms with E-state index >= 15 is 0 Å². The van der Waals surface area contributed by atoms with Crippen molar-refractivity contribution in [3.63, 3.8) is 0 Å². The molecule has 1 aromatic heterocycles. The third-order valence-electron chi connectivity index (χ3n) is 2.72. The van der Waals surface area contributed by atoms with Crippen LogP contribution in [0.5, 0.6) is 0 Å². The topological polar surface area (TPSA) is 80.0 Å². The van der Waals surface area contributed by atoms with Crippen LogP contribution in [0.15, 0.2) is 24.5 Å². The zero-order chi connectivity index (χ0) is 14.0. The molecule has 0 bridgehead atoms. The first-order valence-corrected chi connectivity index (χ1v) is 5.62. The highest BCUT2D eigenvalue weighted by molar-refractivity contribution is 5.88. The van der Waals surface area contributed by atoms with Crippen molar-refractivity contribution >= 4 is 11.7 Å². The van der Waals surface area contributed by atoms with Gasteiger partial charge >= 0.3 is 5.97 Å². The Morgan fingerprint density at radius 3 is 2.79 bits per heavy atom. The minimum Gasteiger partial charge on any atom is -0.478 e. The van der Waals surface area contributed by atoms with Gasteiger partial charge in [-0.3, -0.25) is 0 Å². The van der Waals surface area contributed by atoms with Gasteiger partial charge in [0.25, 0.3) is 0 Å². The molecule has 0 aliphatic heterocycles. The molecule has 0 radical (unpaired) electrons. The van der Waals surface area contributed by atoms with E-state index in [2.05, 4.69) is 15.5 Å². The van der Waals surface area contributed by atoms with Gasteiger partial charge in [0.05, 0.1) is 11.6 Å². The smallest absolute Gasteiger partial charge is 0.338 e. The Balaban J connectivity index is 2.18. The molecule has 2 rings (SSSR count). The van der Waals surface area contributed by atoms with E-state index in [9.17, 15) is 9.18 Å². The number of hydrogen-bond acceptors (Lipinski definition) is 4. The van der Waals surface area contributed by atoms with E-state index in [4.69, 9.17) is 5.11 Å². The average Bonchev–Trinajstić information content (AvgIpc) is 2.75. The molecular formula is C12H13FN4O2. The van der Waals surface area contributed by atoms with Gasteiger partial charge in [0.1, 0.15) is 12.1 Å². The van der Waals surface area contributed by atoms with Crippen LogP contribution in [0.3, 0.4) is 0 Å². The van der Waals surface area contributed by atoms with E-state index in [1.54, 1.807) is 10.9 Å². The summed E-state index contributed by atoms with van der Waals surface area (Å²) in [4.78, 5) is 10.7. The van der Waals surface area contributed by atoms with E-state index in [0.29, 0.717) is 11.5 Å². The molecule has 1 unspecified atom stereocenters. The van der Waals surface area contributed by atoms with Gasteiger partial charge in [-0.2, -0.15) is 0 Å². The normalized spacial score (nSPS) is 12.2.